The predicted octanol–water partition coefficient (Wildman–Crippen LogP) is 7.56. The van der Waals surface area contributed by atoms with Gasteiger partial charge in [0.05, 0.1) is 0 Å². The molecule has 0 saturated carbocycles. The van der Waals surface area contributed by atoms with Crippen LogP contribution in [-0.2, 0) is 21.8 Å². The molecule has 0 aliphatic carbocycles. The Morgan fingerprint density at radius 2 is 1.53 bits per heavy atom. The van der Waals surface area contributed by atoms with Gasteiger partial charge in [0, 0.05) is 32.8 Å². The van der Waals surface area contributed by atoms with Gasteiger partial charge < -0.3 is 21.8 Å². The predicted molar refractivity (Wildman–Crippen MR) is 142 cm³/mol. The average Bonchev–Trinajstić information content (AvgIpc) is 2.94. The molecule has 12 heteroatoms. The number of hydrogen-bond donors (Lipinski definition) is 0. The Balaban J connectivity index is 2.92. The first-order valence-electron chi connectivity index (χ1n) is 12.8. The van der Waals surface area contributed by atoms with Crippen molar-refractivity contribution in [1.29, 1.82) is 0 Å². The lowest BCUT2D eigenvalue weighted by Gasteiger charge is -2.44. The van der Waals surface area contributed by atoms with Crippen molar-refractivity contribution in [2.45, 2.75) is 115 Å². The third-order valence-corrected chi connectivity index (χ3v) is 23.1. The second-order valence-electron chi connectivity index (χ2n) is 11.3. The molecule has 0 aromatic rings. The van der Waals surface area contributed by atoms with Crippen molar-refractivity contribution in [2.75, 3.05) is 26.4 Å². The van der Waals surface area contributed by atoms with Crippen LogP contribution in [0.25, 0.3) is 0 Å². The van der Waals surface area contributed by atoms with E-state index in [0.29, 0.717) is 18.8 Å². The Morgan fingerprint density at radius 3 is 2.15 bits per heavy atom. The van der Waals surface area contributed by atoms with E-state index >= 15 is 0 Å². The lowest BCUT2D eigenvalue weighted by atomic mass is 10.2. The van der Waals surface area contributed by atoms with Gasteiger partial charge in [-0.1, -0.05) is 6.92 Å². The summed E-state index contributed by atoms with van der Waals surface area (Å²) in [6.07, 6.45) is -0.319. The molecule has 1 fully saturated rings. The van der Waals surface area contributed by atoms with E-state index in [9.17, 15) is 13.2 Å². The summed E-state index contributed by atoms with van der Waals surface area (Å²) >= 11 is 0. The van der Waals surface area contributed by atoms with Crippen LogP contribution in [-0.4, -0.2) is 66.4 Å². The molecule has 1 aliphatic rings. The highest BCUT2D eigenvalue weighted by Gasteiger charge is 2.49. The summed E-state index contributed by atoms with van der Waals surface area (Å²) in [4.78, 5) is 0. The fraction of sp³-hybridized carbons (Fsp3) is 1.00. The molecule has 2 unspecified atom stereocenters. The molecule has 1 aliphatic heterocycles. The van der Waals surface area contributed by atoms with Crippen molar-refractivity contribution in [1.82, 2.24) is 0 Å². The lowest BCUT2D eigenvalue weighted by molar-refractivity contribution is -0.131. The van der Waals surface area contributed by atoms with E-state index in [4.69, 9.17) is 21.8 Å². The summed E-state index contributed by atoms with van der Waals surface area (Å²) in [5.41, 5.74) is 0.357. The molecule has 1 heterocycles. The van der Waals surface area contributed by atoms with Crippen LogP contribution in [0, 0.1) is 0 Å². The fourth-order valence-corrected chi connectivity index (χ4v) is 25.2. The lowest BCUT2D eigenvalue weighted by Crippen LogP contribution is -2.58. The third kappa shape index (κ3) is 13.7. The Hall–Kier alpha value is 0.458. The highest BCUT2D eigenvalue weighted by molar-refractivity contribution is 6.90. The smallest absolute Gasteiger partial charge is 0.389 e. The van der Waals surface area contributed by atoms with Crippen LogP contribution in [0.5, 0.6) is 0 Å². The van der Waals surface area contributed by atoms with Gasteiger partial charge in [-0.15, -0.1) is 0 Å². The van der Waals surface area contributed by atoms with Crippen molar-refractivity contribution in [3.63, 3.8) is 0 Å². The number of rotatable bonds is 15. The maximum absolute atomic E-state index is 13.2. The second-order valence-corrected chi connectivity index (χ2v) is 27.3. The van der Waals surface area contributed by atoms with Crippen molar-refractivity contribution in [3.8, 4) is 0 Å². The fourth-order valence-electron chi connectivity index (χ4n) is 4.83. The number of ether oxygens (including phenoxy) is 2. The number of hydrogen-bond acceptors (Lipinski definition) is 5. The molecule has 1 saturated heterocycles. The highest BCUT2D eigenvalue weighted by atomic mass is 28.5. The minimum Gasteiger partial charge on any atom is -0.436 e. The summed E-state index contributed by atoms with van der Waals surface area (Å²) in [6, 6.07) is 0.837. The van der Waals surface area contributed by atoms with Gasteiger partial charge in [-0.3, -0.25) is 0 Å². The van der Waals surface area contributed by atoms with E-state index < -0.39 is 46.4 Å². The van der Waals surface area contributed by atoms with Gasteiger partial charge in [-0.05, 0) is 95.6 Å². The molecule has 0 aromatic carbocycles. The van der Waals surface area contributed by atoms with Crippen LogP contribution >= 0.6 is 0 Å². The molecule has 0 radical (unpaired) electrons. The van der Waals surface area contributed by atoms with Crippen LogP contribution in [0.1, 0.15) is 45.4 Å². The molecule has 0 bridgehead atoms. The molecule has 0 aromatic heterocycles. The SMILES string of the molecule is CCCOCCC[Si](C)(C)O[Si](C)(C)O[Si](C)(CCC(F)(F)F)O[Si](C)(C)C1CCCOCC1. The minimum absolute atomic E-state index is 0.0945. The molecule has 2 atom stereocenters. The standard InChI is InChI=1S/C22H49F3O5Si4/c1-9-15-26-17-11-19-31(2,3)28-33(6,7)30-34(8,20-14-22(23,24)25)29-32(4,5)21-12-10-16-27-18-13-21/h21H,9-20H2,1-8H3. The first-order chi connectivity index (χ1) is 15.5. The zero-order chi connectivity index (χ0) is 26.1. The molecule has 0 spiro atoms. The highest BCUT2D eigenvalue weighted by Crippen LogP contribution is 2.39. The monoisotopic (exact) mass is 562 g/mol. The Labute approximate surface area is 210 Å². The maximum atomic E-state index is 13.2. The van der Waals surface area contributed by atoms with Crippen LogP contribution < -0.4 is 0 Å². The maximum Gasteiger partial charge on any atom is 0.389 e. The third-order valence-electron chi connectivity index (χ3n) is 6.18. The van der Waals surface area contributed by atoms with Gasteiger partial charge in [0.15, 0.2) is 16.6 Å². The molecular formula is C22H49F3O5Si4. The molecule has 1 rings (SSSR count). The normalized spacial score (nSPS) is 20.7. The Morgan fingerprint density at radius 1 is 0.853 bits per heavy atom. The molecule has 34 heavy (non-hydrogen) atoms. The van der Waals surface area contributed by atoms with Crippen molar-refractivity contribution >= 4 is 33.8 Å². The first-order valence-corrected chi connectivity index (χ1v) is 24.3. The van der Waals surface area contributed by atoms with Crippen LogP contribution in [0.4, 0.5) is 13.2 Å². The summed E-state index contributed by atoms with van der Waals surface area (Å²) in [5, 5.41) is 0. The quantitative estimate of drug-likeness (QED) is 0.152. The van der Waals surface area contributed by atoms with Gasteiger partial charge in [0.25, 0.3) is 0 Å². The molecule has 204 valence electrons. The topological polar surface area (TPSA) is 46.2 Å². The van der Waals surface area contributed by atoms with E-state index in [1.807, 2.05) is 19.6 Å². The zero-order valence-corrected chi connectivity index (χ0v) is 26.7. The summed E-state index contributed by atoms with van der Waals surface area (Å²) in [6.45, 7) is 19.3. The van der Waals surface area contributed by atoms with E-state index in [1.54, 1.807) is 0 Å². The summed E-state index contributed by atoms with van der Waals surface area (Å²) in [5.74, 6) is 0. The first kappa shape index (κ1) is 32.5. The van der Waals surface area contributed by atoms with Crippen molar-refractivity contribution in [2.24, 2.45) is 0 Å². The van der Waals surface area contributed by atoms with Gasteiger partial charge in [0.1, 0.15) is 0 Å². The van der Waals surface area contributed by atoms with Gasteiger partial charge in [-0.2, -0.15) is 13.2 Å². The summed E-state index contributed by atoms with van der Waals surface area (Å²) < 4.78 is 70.9. The van der Waals surface area contributed by atoms with Crippen LogP contribution in [0.2, 0.25) is 63.5 Å². The molecule has 5 nitrogen and oxygen atoms in total. The van der Waals surface area contributed by atoms with E-state index in [0.717, 1.165) is 51.4 Å². The van der Waals surface area contributed by atoms with Crippen molar-refractivity contribution < 1.29 is 35.0 Å². The average molecular weight is 563 g/mol. The van der Waals surface area contributed by atoms with Gasteiger partial charge in [0.2, 0.25) is 0 Å². The molecule has 0 N–H and O–H groups in total. The Bertz CT molecular complexity index is 585. The van der Waals surface area contributed by atoms with Crippen LogP contribution in [0.15, 0.2) is 0 Å². The summed E-state index contributed by atoms with van der Waals surface area (Å²) in [7, 11) is -10.2. The number of halogens is 3. The van der Waals surface area contributed by atoms with E-state index in [2.05, 4.69) is 33.1 Å². The zero-order valence-electron chi connectivity index (χ0n) is 22.7. The largest absolute Gasteiger partial charge is 0.436 e. The van der Waals surface area contributed by atoms with E-state index in [1.165, 1.54) is 0 Å². The van der Waals surface area contributed by atoms with E-state index in [-0.39, 0.29) is 6.04 Å². The molecule has 0 amide bonds. The van der Waals surface area contributed by atoms with Gasteiger partial charge in [-0.25, -0.2) is 0 Å². The van der Waals surface area contributed by atoms with Crippen molar-refractivity contribution in [3.05, 3.63) is 0 Å². The number of alkyl halides is 3. The van der Waals surface area contributed by atoms with Gasteiger partial charge >= 0.3 is 23.3 Å². The minimum atomic E-state index is -4.23. The van der Waals surface area contributed by atoms with Crippen LogP contribution in [0.3, 0.4) is 0 Å². The second kappa shape index (κ2) is 13.8. The molecular weight excluding hydrogens is 514 g/mol. The Kier molecular flexibility index (Phi) is 13.2.